The van der Waals surface area contributed by atoms with Crippen LogP contribution in [0.5, 0.6) is 0 Å². The molecule has 1 aromatic heterocycles. The lowest BCUT2D eigenvalue weighted by Crippen LogP contribution is -1.85. The zero-order valence-corrected chi connectivity index (χ0v) is 7.55. The van der Waals surface area contributed by atoms with Crippen LogP contribution in [0.2, 0.25) is 5.35 Å². The molecule has 0 atom stereocenters. The summed E-state index contributed by atoms with van der Waals surface area (Å²) in [6.45, 7) is 0. The van der Waals surface area contributed by atoms with Crippen molar-refractivity contribution < 1.29 is 13.2 Å². The fourth-order valence-electron chi connectivity index (χ4n) is 1.07. The summed E-state index contributed by atoms with van der Waals surface area (Å²) in [5, 5.41) is -0.0799. The monoisotopic (exact) mass is 215 g/mol. The molecule has 2 rings (SSSR count). The van der Waals surface area contributed by atoms with Crippen LogP contribution in [-0.4, -0.2) is 4.98 Å². The highest BCUT2D eigenvalue weighted by atomic mass is 35.5. The highest BCUT2D eigenvalue weighted by Crippen LogP contribution is 2.23. The van der Waals surface area contributed by atoms with Gasteiger partial charge in [0.25, 0.3) is 5.35 Å². The van der Waals surface area contributed by atoms with E-state index in [0.717, 1.165) is 12.1 Å². The molecule has 2 aromatic rings. The maximum atomic E-state index is 13.2. The van der Waals surface area contributed by atoms with Crippen LogP contribution < -0.4 is 0 Å². The Hall–Kier alpha value is -1.42. The van der Waals surface area contributed by atoms with Crippen molar-refractivity contribution in [2.75, 3.05) is 0 Å². The van der Waals surface area contributed by atoms with Crippen LogP contribution in [0.1, 0.15) is 0 Å². The molecule has 0 saturated heterocycles. The van der Waals surface area contributed by atoms with Crippen LogP contribution in [0.4, 0.5) is 8.78 Å². The average molecular weight is 216 g/mol. The molecule has 0 saturated carbocycles. The van der Waals surface area contributed by atoms with Gasteiger partial charge in [0.05, 0.1) is 0 Å². The lowest BCUT2D eigenvalue weighted by atomic mass is 10.1. The first-order valence-corrected chi connectivity index (χ1v) is 4.11. The van der Waals surface area contributed by atoms with Gasteiger partial charge in [-0.25, -0.2) is 8.78 Å². The smallest absolute Gasteiger partial charge is 0.292 e. The van der Waals surface area contributed by atoms with Crippen LogP contribution >= 0.6 is 11.6 Å². The second-order valence-electron chi connectivity index (χ2n) is 2.61. The lowest BCUT2D eigenvalue weighted by Gasteiger charge is -1.97. The molecule has 0 fully saturated rings. The molecule has 0 spiro atoms. The zero-order valence-electron chi connectivity index (χ0n) is 6.80. The van der Waals surface area contributed by atoms with E-state index in [9.17, 15) is 8.78 Å². The van der Waals surface area contributed by atoms with Gasteiger partial charge in [-0.1, -0.05) is 0 Å². The summed E-state index contributed by atoms with van der Waals surface area (Å²) < 4.78 is 30.4. The van der Waals surface area contributed by atoms with Crippen LogP contribution in [0.25, 0.3) is 11.3 Å². The quantitative estimate of drug-likeness (QED) is 0.730. The molecule has 0 amide bonds. The third-order valence-electron chi connectivity index (χ3n) is 1.68. The molecule has 5 heteroatoms. The van der Waals surface area contributed by atoms with Gasteiger partial charge in [0.1, 0.15) is 23.6 Å². The molecule has 0 bridgehead atoms. The maximum Gasteiger partial charge on any atom is 0.292 e. The molecule has 1 aromatic carbocycles. The van der Waals surface area contributed by atoms with E-state index in [0.29, 0.717) is 0 Å². The molecule has 14 heavy (non-hydrogen) atoms. The first kappa shape index (κ1) is 9.15. The van der Waals surface area contributed by atoms with Crippen molar-refractivity contribution in [2.24, 2.45) is 0 Å². The van der Waals surface area contributed by atoms with Gasteiger partial charge in [0.2, 0.25) is 0 Å². The summed E-state index contributed by atoms with van der Waals surface area (Å²) in [6.07, 6.45) is 1.21. The van der Waals surface area contributed by atoms with E-state index in [1.165, 1.54) is 12.3 Å². The minimum atomic E-state index is -0.699. The zero-order chi connectivity index (χ0) is 10.1. The minimum absolute atomic E-state index is 0.0799. The Morgan fingerprint density at radius 3 is 2.64 bits per heavy atom. The van der Waals surface area contributed by atoms with Crippen LogP contribution in [0.3, 0.4) is 0 Å². The summed E-state index contributed by atoms with van der Waals surface area (Å²) in [7, 11) is 0. The molecule has 72 valence electrons. The third-order valence-corrected chi connectivity index (χ3v) is 1.86. The number of hydrogen-bond acceptors (Lipinski definition) is 2. The van der Waals surface area contributed by atoms with Gasteiger partial charge in [0.15, 0.2) is 0 Å². The van der Waals surface area contributed by atoms with Gasteiger partial charge in [0, 0.05) is 11.6 Å². The number of benzene rings is 1. The second-order valence-corrected chi connectivity index (χ2v) is 2.93. The molecule has 0 unspecified atom stereocenters. The van der Waals surface area contributed by atoms with Crippen molar-refractivity contribution in [3.63, 3.8) is 0 Å². The Labute approximate surface area is 83.1 Å². The maximum absolute atomic E-state index is 13.2. The Bertz CT molecular complexity index is 470. The second kappa shape index (κ2) is 3.38. The summed E-state index contributed by atoms with van der Waals surface area (Å²) in [5.41, 5.74) is 0.398. The van der Waals surface area contributed by atoms with E-state index in [1.807, 2.05) is 0 Å². The Morgan fingerprint density at radius 2 is 2.07 bits per heavy atom. The average Bonchev–Trinajstić information content (AvgIpc) is 2.51. The summed E-state index contributed by atoms with van der Waals surface area (Å²) in [5.74, 6) is -1.34. The van der Waals surface area contributed by atoms with Gasteiger partial charge in [-0.05, 0) is 23.7 Å². The normalized spacial score (nSPS) is 10.5. The van der Waals surface area contributed by atoms with Crippen molar-refractivity contribution in [3.8, 4) is 11.3 Å². The standard InChI is InChI=1S/C9H4ClF2NO/c10-9-13-8(4-14-9)6-2-1-5(11)3-7(6)12/h1-4H. The predicted molar refractivity (Wildman–Crippen MR) is 46.9 cm³/mol. The van der Waals surface area contributed by atoms with Crippen molar-refractivity contribution in [2.45, 2.75) is 0 Å². The fraction of sp³-hybridized carbons (Fsp3) is 0. The highest BCUT2D eigenvalue weighted by molar-refractivity contribution is 6.27. The molecule has 0 radical (unpaired) electrons. The SMILES string of the molecule is Fc1ccc(-c2coc(Cl)n2)c(F)c1. The number of nitrogens with zero attached hydrogens (tertiary/aromatic N) is 1. The van der Waals surface area contributed by atoms with Gasteiger partial charge < -0.3 is 4.42 Å². The Kier molecular flexibility index (Phi) is 2.21. The van der Waals surface area contributed by atoms with E-state index in [1.54, 1.807) is 0 Å². The van der Waals surface area contributed by atoms with E-state index in [4.69, 9.17) is 16.0 Å². The number of aromatic nitrogens is 1. The Morgan fingerprint density at radius 1 is 1.29 bits per heavy atom. The molecular formula is C9H4ClF2NO. The van der Waals surface area contributed by atoms with Gasteiger partial charge >= 0.3 is 0 Å². The predicted octanol–water partition coefficient (Wildman–Crippen LogP) is 3.27. The number of oxazole rings is 1. The van der Waals surface area contributed by atoms with Crippen molar-refractivity contribution in [3.05, 3.63) is 41.4 Å². The number of halogens is 3. The van der Waals surface area contributed by atoms with Gasteiger partial charge in [-0.15, -0.1) is 0 Å². The highest BCUT2D eigenvalue weighted by Gasteiger charge is 2.10. The Balaban J connectivity index is 2.52. The van der Waals surface area contributed by atoms with E-state index in [-0.39, 0.29) is 16.6 Å². The fourth-order valence-corrected chi connectivity index (χ4v) is 1.21. The van der Waals surface area contributed by atoms with Gasteiger partial charge in [-0.2, -0.15) is 4.98 Å². The lowest BCUT2D eigenvalue weighted by molar-refractivity contribution is 0.560. The molecule has 1 heterocycles. The third kappa shape index (κ3) is 1.61. The summed E-state index contributed by atoms with van der Waals surface area (Å²) >= 11 is 5.42. The molecule has 0 aliphatic heterocycles. The van der Waals surface area contributed by atoms with E-state index < -0.39 is 11.6 Å². The van der Waals surface area contributed by atoms with Crippen LogP contribution in [-0.2, 0) is 0 Å². The first-order chi connectivity index (χ1) is 6.66. The van der Waals surface area contributed by atoms with Crippen LogP contribution in [0.15, 0.2) is 28.9 Å². The van der Waals surface area contributed by atoms with Crippen molar-refractivity contribution in [1.29, 1.82) is 0 Å². The molecular weight excluding hydrogens is 212 g/mol. The van der Waals surface area contributed by atoms with E-state index >= 15 is 0 Å². The summed E-state index contributed by atoms with van der Waals surface area (Å²) in [4.78, 5) is 3.71. The first-order valence-electron chi connectivity index (χ1n) is 3.73. The number of hydrogen-bond donors (Lipinski definition) is 0. The van der Waals surface area contributed by atoms with Crippen molar-refractivity contribution in [1.82, 2.24) is 4.98 Å². The molecule has 0 N–H and O–H groups in total. The largest absolute Gasteiger partial charge is 0.436 e. The molecule has 2 nitrogen and oxygen atoms in total. The summed E-state index contributed by atoms with van der Waals surface area (Å²) in [6, 6.07) is 3.19. The number of rotatable bonds is 1. The molecule has 0 aliphatic carbocycles. The minimum Gasteiger partial charge on any atom is -0.436 e. The van der Waals surface area contributed by atoms with Crippen LogP contribution in [0, 0.1) is 11.6 Å². The topological polar surface area (TPSA) is 26.0 Å². The molecule has 0 aliphatic rings. The van der Waals surface area contributed by atoms with E-state index in [2.05, 4.69) is 4.98 Å². The van der Waals surface area contributed by atoms with Gasteiger partial charge in [-0.3, -0.25) is 0 Å². The van der Waals surface area contributed by atoms with Crippen molar-refractivity contribution >= 4 is 11.6 Å².